The number of fused-ring (bicyclic) bond motifs is 3. The van der Waals surface area contributed by atoms with Gasteiger partial charge in [-0.3, -0.25) is 9.48 Å². The molecule has 4 rings (SSSR count). The fraction of sp³-hybridized carbons (Fsp3) is 0.200. The average molecular weight is 384 g/mol. The molecule has 1 N–H and O–H groups in total. The Hall–Kier alpha value is -2.99. The molecule has 0 unspecified atom stereocenters. The van der Waals surface area contributed by atoms with Gasteiger partial charge in [0, 0.05) is 16.8 Å². The van der Waals surface area contributed by atoms with Crippen molar-refractivity contribution in [3.8, 4) is 22.8 Å². The number of aryl methyl sites for hydroxylation is 1. The van der Waals surface area contributed by atoms with Gasteiger partial charge in [0.05, 0.1) is 24.0 Å². The Labute approximate surface area is 161 Å². The van der Waals surface area contributed by atoms with E-state index in [4.69, 9.17) is 21.1 Å². The van der Waals surface area contributed by atoms with Crippen molar-refractivity contribution in [2.24, 2.45) is 0 Å². The number of carbonyl (C=O) groups is 1. The molecule has 2 heterocycles. The highest BCUT2D eigenvalue weighted by Gasteiger charge is 2.23. The zero-order valence-electron chi connectivity index (χ0n) is 15.0. The molecule has 7 heteroatoms. The fourth-order valence-corrected chi connectivity index (χ4v) is 3.41. The summed E-state index contributed by atoms with van der Waals surface area (Å²) in [5, 5.41) is 7.66. The Kier molecular flexibility index (Phi) is 4.49. The van der Waals surface area contributed by atoms with E-state index in [1.165, 1.54) is 0 Å². The number of benzene rings is 2. The predicted octanol–water partition coefficient (Wildman–Crippen LogP) is 4.05. The third kappa shape index (κ3) is 3.36. The fourth-order valence-electron chi connectivity index (χ4n) is 3.15. The van der Waals surface area contributed by atoms with Gasteiger partial charge in [-0.1, -0.05) is 23.2 Å². The molecule has 2 aromatic carbocycles. The van der Waals surface area contributed by atoms with Crippen LogP contribution in [0.3, 0.4) is 0 Å². The van der Waals surface area contributed by atoms with E-state index in [1.54, 1.807) is 36.2 Å². The maximum absolute atomic E-state index is 12.5. The number of rotatable bonds is 4. The number of carbonyl (C=O) groups excluding carboxylic acids is 1. The van der Waals surface area contributed by atoms with Crippen LogP contribution in [0.15, 0.2) is 42.6 Å². The van der Waals surface area contributed by atoms with Crippen molar-refractivity contribution in [1.82, 2.24) is 9.78 Å². The number of halogens is 1. The molecule has 0 atom stereocenters. The van der Waals surface area contributed by atoms with Crippen LogP contribution in [0.25, 0.3) is 11.3 Å². The molecule has 3 aromatic rings. The van der Waals surface area contributed by atoms with Gasteiger partial charge in [-0.25, -0.2) is 0 Å². The molecule has 1 aromatic heterocycles. The lowest BCUT2D eigenvalue weighted by molar-refractivity contribution is -0.116. The van der Waals surface area contributed by atoms with E-state index in [0.29, 0.717) is 23.1 Å². The van der Waals surface area contributed by atoms with Crippen molar-refractivity contribution in [3.63, 3.8) is 0 Å². The minimum absolute atomic E-state index is 0.0896. The number of hydrogen-bond acceptors (Lipinski definition) is 4. The van der Waals surface area contributed by atoms with E-state index in [9.17, 15) is 4.79 Å². The van der Waals surface area contributed by atoms with Crippen LogP contribution < -0.4 is 14.8 Å². The second-order valence-corrected chi connectivity index (χ2v) is 6.77. The number of ether oxygens (including phenoxy) is 2. The number of hydrogen-bond donors (Lipinski definition) is 1. The Balaban J connectivity index is 1.57. The molecule has 1 aliphatic heterocycles. The average Bonchev–Trinajstić information content (AvgIpc) is 3.05. The predicted molar refractivity (Wildman–Crippen MR) is 103 cm³/mol. The van der Waals surface area contributed by atoms with Crippen LogP contribution in [0, 0.1) is 6.92 Å². The number of aromatic nitrogens is 2. The summed E-state index contributed by atoms with van der Waals surface area (Å²) < 4.78 is 12.6. The molecule has 0 saturated carbocycles. The molecule has 0 saturated heterocycles. The van der Waals surface area contributed by atoms with Gasteiger partial charge in [-0.2, -0.15) is 5.10 Å². The Morgan fingerprint density at radius 3 is 2.96 bits per heavy atom. The van der Waals surface area contributed by atoms with Crippen molar-refractivity contribution in [2.75, 3.05) is 12.4 Å². The highest BCUT2D eigenvalue weighted by molar-refractivity contribution is 6.32. The van der Waals surface area contributed by atoms with Gasteiger partial charge in [-0.15, -0.1) is 0 Å². The highest BCUT2D eigenvalue weighted by atomic mass is 35.5. The maximum atomic E-state index is 12.5. The maximum Gasteiger partial charge on any atom is 0.246 e. The molecule has 0 spiro atoms. The van der Waals surface area contributed by atoms with E-state index < -0.39 is 0 Å². The topological polar surface area (TPSA) is 65.4 Å². The molecular formula is C20H18ClN3O3. The van der Waals surface area contributed by atoms with Gasteiger partial charge in [0.15, 0.2) is 0 Å². The van der Waals surface area contributed by atoms with Gasteiger partial charge >= 0.3 is 0 Å². The van der Waals surface area contributed by atoms with Gasteiger partial charge in [0.1, 0.15) is 24.7 Å². The molecular weight excluding hydrogens is 366 g/mol. The first-order chi connectivity index (χ1) is 13.0. The van der Waals surface area contributed by atoms with Crippen LogP contribution in [0.2, 0.25) is 5.02 Å². The second-order valence-electron chi connectivity index (χ2n) is 6.36. The SMILES string of the molecule is COc1ccc(NC(=O)Cn2ncc3c2-c2cc(C)ccc2OC3)cc1Cl. The van der Waals surface area contributed by atoms with Gasteiger partial charge in [0.2, 0.25) is 5.91 Å². The summed E-state index contributed by atoms with van der Waals surface area (Å²) >= 11 is 6.11. The van der Waals surface area contributed by atoms with Crippen molar-refractivity contribution in [3.05, 3.63) is 58.7 Å². The molecule has 27 heavy (non-hydrogen) atoms. The monoisotopic (exact) mass is 383 g/mol. The van der Waals surface area contributed by atoms with Crippen LogP contribution >= 0.6 is 11.6 Å². The van der Waals surface area contributed by atoms with Crippen LogP contribution in [0.5, 0.6) is 11.5 Å². The lowest BCUT2D eigenvalue weighted by Crippen LogP contribution is -2.21. The summed E-state index contributed by atoms with van der Waals surface area (Å²) in [6.45, 7) is 2.56. The Morgan fingerprint density at radius 2 is 2.19 bits per heavy atom. The summed E-state index contributed by atoms with van der Waals surface area (Å²) in [6, 6.07) is 11.1. The first kappa shape index (κ1) is 17.4. The Morgan fingerprint density at radius 1 is 1.33 bits per heavy atom. The third-order valence-corrected chi connectivity index (χ3v) is 4.71. The lowest BCUT2D eigenvalue weighted by Gasteiger charge is -2.19. The first-order valence-electron chi connectivity index (χ1n) is 8.47. The van der Waals surface area contributed by atoms with E-state index in [1.807, 2.05) is 25.1 Å². The zero-order valence-corrected chi connectivity index (χ0v) is 15.7. The minimum atomic E-state index is -0.192. The van der Waals surface area contributed by atoms with Crippen molar-refractivity contribution < 1.29 is 14.3 Å². The summed E-state index contributed by atoms with van der Waals surface area (Å²) in [5.41, 5.74) is 4.56. The number of nitrogens with one attached hydrogen (secondary N) is 1. The molecule has 0 aliphatic carbocycles. The quantitative estimate of drug-likeness (QED) is 0.738. The molecule has 0 fully saturated rings. The standard InChI is InChI=1S/C20H18ClN3O3/c1-12-3-5-17-15(7-12)20-13(11-27-17)9-22-24(20)10-19(25)23-14-4-6-18(26-2)16(21)8-14/h3-9H,10-11H2,1-2H3,(H,23,25). The van der Waals surface area contributed by atoms with Gasteiger partial charge in [0.25, 0.3) is 0 Å². The summed E-state index contributed by atoms with van der Waals surface area (Å²) in [7, 11) is 1.55. The molecule has 138 valence electrons. The van der Waals surface area contributed by atoms with E-state index in [0.717, 1.165) is 28.1 Å². The zero-order chi connectivity index (χ0) is 19.0. The lowest BCUT2D eigenvalue weighted by atomic mass is 10.0. The first-order valence-corrected chi connectivity index (χ1v) is 8.85. The largest absolute Gasteiger partial charge is 0.495 e. The van der Waals surface area contributed by atoms with Crippen LogP contribution in [0.4, 0.5) is 5.69 Å². The third-order valence-electron chi connectivity index (χ3n) is 4.42. The van der Waals surface area contributed by atoms with Crippen molar-refractivity contribution in [2.45, 2.75) is 20.1 Å². The highest BCUT2D eigenvalue weighted by Crippen LogP contribution is 2.38. The molecule has 0 radical (unpaired) electrons. The number of nitrogens with zero attached hydrogens (tertiary/aromatic N) is 2. The number of anilines is 1. The van der Waals surface area contributed by atoms with E-state index in [-0.39, 0.29) is 12.5 Å². The molecule has 0 bridgehead atoms. The Bertz CT molecular complexity index is 1030. The molecule has 6 nitrogen and oxygen atoms in total. The molecule has 1 amide bonds. The van der Waals surface area contributed by atoms with Gasteiger partial charge in [-0.05, 0) is 37.3 Å². The van der Waals surface area contributed by atoms with E-state index in [2.05, 4.69) is 10.4 Å². The van der Waals surface area contributed by atoms with Crippen LogP contribution in [0.1, 0.15) is 11.1 Å². The minimum Gasteiger partial charge on any atom is -0.495 e. The van der Waals surface area contributed by atoms with Gasteiger partial charge < -0.3 is 14.8 Å². The summed E-state index contributed by atoms with van der Waals surface area (Å²) in [4.78, 5) is 12.5. The molecule has 1 aliphatic rings. The van der Waals surface area contributed by atoms with Crippen LogP contribution in [-0.4, -0.2) is 22.8 Å². The normalized spacial score (nSPS) is 12.0. The summed E-state index contributed by atoms with van der Waals surface area (Å²) in [5.74, 6) is 1.17. The second kappa shape index (κ2) is 6.96. The van der Waals surface area contributed by atoms with Crippen LogP contribution in [-0.2, 0) is 17.9 Å². The number of amides is 1. The van der Waals surface area contributed by atoms with Crippen molar-refractivity contribution >= 4 is 23.2 Å². The van der Waals surface area contributed by atoms with E-state index >= 15 is 0 Å². The smallest absolute Gasteiger partial charge is 0.246 e. The van der Waals surface area contributed by atoms with Crippen molar-refractivity contribution in [1.29, 1.82) is 0 Å². The number of methoxy groups -OCH3 is 1. The summed E-state index contributed by atoms with van der Waals surface area (Å²) in [6.07, 6.45) is 1.75.